The van der Waals surface area contributed by atoms with Crippen LogP contribution in [0.2, 0.25) is 0 Å². The third-order valence-electron chi connectivity index (χ3n) is 1.83. The number of esters is 1. The lowest BCUT2D eigenvalue weighted by molar-refractivity contribution is -0.146. The fourth-order valence-corrected chi connectivity index (χ4v) is 1.08. The minimum absolute atomic E-state index is 0.339. The third-order valence-corrected chi connectivity index (χ3v) is 1.83. The number of allylic oxidation sites excluding steroid dienone is 2. The van der Waals surface area contributed by atoms with Crippen molar-refractivity contribution in [2.45, 2.75) is 33.1 Å². The zero-order valence-electron chi connectivity index (χ0n) is 8.82. The van der Waals surface area contributed by atoms with Crippen LogP contribution < -0.4 is 0 Å². The molecule has 14 heavy (non-hydrogen) atoms. The van der Waals surface area contributed by atoms with Crippen LogP contribution in [0.5, 0.6) is 0 Å². The van der Waals surface area contributed by atoms with Crippen LogP contribution in [0.15, 0.2) is 12.2 Å². The molecule has 0 bridgehead atoms. The average Bonchev–Trinajstić information content (AvgIpc) is 2.18. The number of unbranched alkanes of at least 4 members (excludes halogenated alkanes) is 1. The van der Waals surface area contributed by atoms with E-state index in [2.05, 4.69) is 0 Å². The summed E-state index contributed by atoms with van der Waals surface area (Å²) >= 11 is 0. The highest BCUT2D eigenvalue weighted by molar-refractivity contribution is 5.75. The second-order valence-corrected chi connectivity index (χ2v) is 2.93. The highest BCUT2D eigenvalue weighted by Gasteiger charge is 2.17. The summed E-state index contributed by atoms with van der Waals surface area (Å²) in [6.45, 7) is 4.03. The Morgan fingerprint density at radius 2 is 2.36 bits per heavy atom. The molecule has 0 N–H and O–H groups in total. The van der Waals surface area contributed by atoms with Gasteiger partial charge in [0.05, 0.1) is 12.7 Å². The molecule has 0 rings (SSSR count). The summed E-state index contributed by atoms with van der Waals surface area (Å²) in [5.41, 5.74) is 0. The lowest BCUT2D eigenvalue weighted by Crippen LogP contribution is -2.15. The predicted molar refractivity (Wildman–Crippen MR) is 54.4 cm³/mol. The predicted octanol–water partition coefficient (Wildman–Crippen LogP) is 2.44. The molecule has 1 unspecified atom stereocenters. The Hall–Kier alpha value is -1.30. The van der Waals surface area contributed by atoms with E-state index < -0.39 is 11.9 Å². The van der Waals surface area contributed by atoms with Gasteiger partial charge in [0.1, 0.15) is 5.92 Å². The van der Waals surface area contributed by atoms with E-state index >= 15 is 0 Å². The second kappa shape index (κ2) is 8.31. The van der Waals surface area contributed by atoms with Crippen molar-refractivity contribution in [1.29, 1.82) is 5.26 Å². The second-order valence-electron chi connectivity index (χ2n) is 2.93. The number of ether oxygens (including phenoxy) is 1. The summed E-state index contributed by atoms with van der Waals surface area (Å²) in [6, 6.07) is 1.96. The molecule has 0 aliphatic rings. The molecule has 78 valence electrons. The Balaban J connectivity index is 3.80. The lowest BCUT2D eigenvalue weighted by atomic mass is 10.0. The van der Waals surface area contributed by atoms with Crippen LogP contribution in [0.1, 0.15) is 33.1 Å². The summed E-state index contributed by atoms with van der Waals surface area (Å²) in [5, 5.41) is 8.71. The molecule has 0 saturated heterocycles. The first kappa shape index (κ1) is 12.7. The van der Waals surface area contributed by atoms with Crippen LogP contribution in [0.25, 0.3) is 0 Å². The first-order valence-electron chi connectivity index (χ1n) is 4.93. The molecule has 0 spiro atoms. The molecule has 3 heteroatoms. The zero-order chi connectivity index (χ0) is 10.8. The van der Waals surface area contributed by atoms with Gasteiger partial charge < -0.3 is 4.74 Å². The molecule has 0 aliphatic heterocycles. The third kappa shape index (κ3) is 5.36. The van der Waals surface area contributed by atoms with Gasteiger partial charge in [-0.15, -0.1) is 0 Å². The maximum absolute atomic E-state index is 11.2. The fraction of sp³-hybridized carbons (Fsp3) is 0.636. The largest absolute Gasteiger partial charge is 0.465 e. The SMILES string of the molecule is C/C=C/CCCC(C#N)C(=O)OCC. The molecule has 0 radical (unpaired) electrons. The molecule has 0 aromatic rings. The van der Waals surface area contributed by atoms with Crippen LogP contribution in [0.4, 0.5) is 0 Å². The van der Waals surface area contributed by atoms with Crippen molar-refractivity contribution in [3.8, 4) is 6.07 Å². The number of rotatable bonds is 6. The Labute approximate surface area is 85.4 Å². The summed E-state index contributed by atoms with van der Waals surface area (Å²) in [7, 11) is 0. The fourth-order valence-electron chi connectivity index (χ4n) is 1.08. The van der Waals surface area contributed by atoms with Crippen molar-refractivity contribution in [2.75, 3.05) is 6.61 Å². The van der Waals surface area contributed by atoms with E-state index in [4.69, 9.17) is 10.00 Å². The highest BCUT2D eigenvalue weighted by atomic mass is 16.5. The maximum atomic E-state index is 11.2. The van der Waals surface area contributed by atoms with Gasteiger partial charge in [-0.05, 0) is 33.1 Å². The van der Waals surface area contributed by atoms with E-state index in [1.165, 1.54) is 0 Å². The standard InChI is InChI=1S/C11H17NO2/c1-3-5-6-7-8-10(9-12)11(13)14-4-2/h3,5,10H,4,6-8H2,1-2H3/b5-3+. The molecule has 0 aromatic heterocycles. The van der Waals surface area contributed by atoms with Crippen molar-refractivity contribution in [3.63, 3.8) is 0 Å². The van der Waals surface area contributed by atoms with Crippen LogP contribution in [-0.2, 0) is 9.53 Å². The van der Waals surface area contributed by atoms with Crippen LogP contribution in [0, 0.1) is 17.2 Å². The molecule has 0 heterocycles. The van der Waals surface area contributed by atoms with Crippen LogP contribution in [0.3, 0.4) is 0 Å². The van der Waals surface area contributed by atoms with Crippen molar-refractivity contribution in [2.24, 2.45) is 5.92 Å². The number of hydrogen-bond acceptors (Lipinski definition) is 3. The summed E-state index contributed by atoms with van der Waals surface area (Å²) in [5.74, 6) is -0.990. The zero-order valence-corrected chi connectivity index (χ0v) is 8.82. The minimum atomic E-state index is -0.597. The number of hydrogen-bond donors (Lipinski definition) is 0. The molecular formula is C11H17NO2. The monoisotopic (exact) mass is 195 g/mol. The van der Waals surface area contributed by atoms with Gasteiger partial charge in [-0.2, -0.15) is 5.26 Å². The van der Waals surface area contributed by atoms with Crippen molar-refractivity contribution in [1.82, 2.24) is 0 Å². The Kier molecular flexibility index (Phi) is 7.53. The Bertz CT molecular complexity index is 228. The minimum Gasteiger partial charge on any atom is -0.465 e. The molecular weight excluding hydrogens is 178 g/mol. The van der Waals surface area contributed by atoms with Crippen molar-refractivity contribution in [3.05, 3.63) is 12.2 Å². The van der Waals surface area contributed by atoms with Gasteiger partial charge in [0, 0.05) is 0 Å². The van der Waals surface area contributed by atoms with E-state index in [-0.39, 0.29) is 0 Å². The maximum Gasteiger partial charge on any atom is 0.323 e. The van der Waals surface area contributed by atoms with E-state index in [9.17, 15) is 4.79 Å². The molecule has 0 fully saturated rings. The van der Waals surface area contributed by atoms with E-state index in [0.29, 0.717) is 13.0 Å². The van der Waals surface area contributed by atoms with E-state index in [0.717, 1.165) is 12.8 Å². The number of carbonyl (C=O) groups excluding carboxylic acids is 1. The Morgan fingerprint density at radius 1 is 1.64 bits per heavy atom. The van der Waals surface area contributed by atoms with Crippen LogP contribution >= 0.6 is 0 Å². The molecule has 0 aromatic carbocycles. The summed E-state index contributed by atoms with van der Waals surface area (Å²) in [4.78, 5) is 11.2. The number of nitriles is 1. The first-order valence-corrected chi connectivity index (χ1v) is 4.93. The summed E-state index contributed by atoms with van der Waals surface area (Å²) < 4.78 is 4.77. The van der Waals surface area contributed by atoms with Gasteiger partial charge in [-0.25, -0.2) is 0 Å². The average molecular weight is 195 g/mol. The van der Waals surface area contributed by atoms with Gasteiger partial charge in [-0.3, -0.25) is 4.79 Å². The number of carbonyl (C=O) groups is 1. The molecule has 3 nitrogen and oxygen atoms in total. The van der Waals surface area contributed by atoms with Gasteiger partial charge >= 0.3 is 5.97 Å². The van der Waals surface area contributed by atoms with Crippen molar-refractivity contribution >= 4 is 5.97 Å². The Morgan fingerprint density at radius 3 is 2.86 bits per heavy atom. The molecule has 0 aliphatic carbocycles. The van der Waals surface area contributed by atoms with E-state index in [1.807, 2.05) is 25.1 Å². The first-order chi connectivity index (χ1) is 6.76. The summed E-state index contributed by atoms with van der Waals surface area (Å²) in [6.07, 6.45) is 6.33. The van der Waals surface area contributed by atoms with Gasteiger partial charge in [0.25, 0.3) is 0 Å². The highest BCUT2D eigenvalue weighted by Crippen LogP contribution is 2.10. The van der Waals surface area contributed by atoms with Gasteiger partial charge in [0.15, 0.2) is 0 Å². The smallest absolute Gasteiger partial charge is 0.323 e. The topological polar surface area (TPSA) is 50.1 Å². The molecule has 0 saturated carbocycles. The van der Waals surface area contributed by atoms with E-state index in [1.54, 1.807) is 6.92 Å². The van der Waals surface area contributed by atoms with Crippen LogP contribution in [-0.4, -0.2) is 12.6 Å². The number of nitrogens with zero attached hydrogens (tertiary/aromatic N) is 1. The molecule has 0 amide bonds. The van der Waals surface area contributed by atoms with Gasteiger partial charge in [-0.1, -0.05) is 12.2 Å². The molecule has 1 atom stereocenters. The lowest BCUT2D eigenvalue weighted by Gasteiger charge is -2.06. The normalized spacial score (nSPS) is 12.4. The van der Waals surface area contributed by atoms with Gasteiger partial charge in [0.2, 0.25) is 0 Å². The quantitative estimate of drug-likeness (QED) is 0.371. The van der Waals surface area contributed by atoms with Crippen molar-refractivity contribution < 1.29 is 9.53 Å².